The minimum absolute atomic E-state index is 0.0919. The van der Waals surface area contributed by atoms with E-state index in [1.165, 1.54) is 12.1 Å². The van der Waals surface area contributed by atoms with Crippen molar-refractivity contribution in [3.05, 3.63) is 34.3 Å². The van der Waals surface area contributed by atoms with E-state index in [9.17, 15) is 13.2 Å². The lowest BCUT2D eigenvalue weighted by Crippen LogP contribution is -2.09. The van der Waals surface area contributed by atoms with Gasteiger partial charge in [0.25, 0.3) is 0 Å². The number of rotatable bonds is 1. The summed E-state index contributed by atoms with van der Waals surface area (Å²) in [6.07, 6.45) is -4.36. The Morgan fingerprint density at radius 2 is 1.93 bits per heavy atom. The summed E-state index contributed by atoms with van der Waals surface area (Å²) < 4.78 is 37.5. The van der Waals surface area contributed by atoms with Crippen molar-refractivity contribution < 1.29 is 13.2 Å². The Morgan fingerprint density at radius 1 is 1.36 bits per heavy atom. The van der Waals surface area contributed by atoms with Gasteiger partial charge in [0, 0.05) is 9.85 Å². The van der Waals surface area contributed by atoms with Gasteiger partial charge >= 0.3 is 6.18 Å². The lowest BCUT2D eigenvalue weighted by Gasteiger charge is -2.14. The molecule has 0 radical (unpaired) electrons. The number of halogens is 5. The molecule has 0 aliphatic carbocycles. The summed E-state index contributed by atoms with van der Waals surface area (Å²) in [5, 5.41) is 0.0919. The Balaban J connectivity index is 3.30. The van der Waals surface area contributed by atoms with Crippen LogP contribution in [0.5, 0.6) is 0 Å². The van der Waals surface area contributed by atoms with Crippen molar-refractivity contribution in [2.24, 2.45) is 0 Å². The van der Waals surface area contributed by atoms with Crippen LogP contribution in [0.1, 0.15) is 22.9 Å². The van der Waals surface area contributed by atoms with Crippen LogP contribution in [0.2, 0.25) is 5.02 Å². The van der Waals surface area contributed by atoms with Crippen molar-refractivity contribution >= 4 is 27.5 Å². The third-order valence-corrected chi connectivity index (χ3v) is 2.48. The molecule has 1 unspecified atom stereocenters. The molecule has 0 bridgehead atoms. The molecule has 1 aromatic rings. The van der Waals surface area contributed by atoms with Crippen molar-refractivity contribution in [1.29, 1.82) is 0 Å². The fourth-order valence-electron chi connectivity index (χ4n) is 1.12. The van der Waals surface area contributed by atoms with E-state index in [4.69, 9.17) is 11.6 Å². The monoisotopic (exact) mass is 286 g/mol. The first-order valence-corrected chi connectivity index (χ1v) is 5.12. The quantitative estimate of drug-likeness (QED) is 0.650. The summed E-state index contributed by atoms with van der Waals surface area (Å²) >= 11 is 8.62. The minimum atomic E-state index is -4.36. The van der Waals surface area contributed by atoms with E-state index in [0.29, 0.717) is 0 Å². The Kier molecular flexibility index (Phi) is 3.48. The summed E-state index contributed by atoms with van der Waals surface area (Å²) in [5.41, 5.74) is -0.490. The molecule has 0 fully saturated rings. The molecule has 1 atom stereocenters. The summed E-state index contributed by atoms with van der Waals surface area (Å²) in [4.78, 5) is -0.351. The van der Waals surface area contributed by atoms with Crippen molar-refractivity contribution in [1.82, 2.24) is 0 Å². The summed E-state index contributed by atoms with van der Waals surface area (Å²) in [7, 11) is 0. The van der Waals surface area contributed by atoms with Gasteiger partial charge in [-0.3, -0.25) is 0 Å². The van der Waals surface area contributed by atoms with Gasteiger partial charge in [0.2, 0.25) is 0 Å². The first kappa shape index (κ1) is 11.9. The van der Waals surface area contributed by atoms with E-state index >= 15 is 0 Å². The van der Waals surface area contributed by atoms with Crippen molar-refractivity contribution in [2.45, 2.75) is 17.9 Å². The van der Waals surface area contributed by atoms with Gasteiger partial charge in [-0.05, 0) is 24.6 Å². The van der Waals surface area contributed by atoms with E-state index in [2.05, 4.69) is 15.9 Å². The Hall–Kier alpha value is -0.220. The number of hydrogen-bond donors (Lipinski definition) is 0. The van der Waals surface area contributed by atoms with Crippen LogP contribution < -0.4 is 0 Å². The molecule has 0 spiro atoms. The number of hydrogen-bond acceptors (Lipinski definition) is 0. The first-order valence-electron chi connectivity index (χ1n) is 3.83. The van der Waals surface area contributed by atoms with Crippen LogP contribution in [0, 0.1) is 0 Å². The highest BCUT2D eigenvalue weighted by Crippen LogP contribution is 2.38. The average molecular weight is 288 g/mol. The van der Waals surface area contributed by atoms with Gasteiger partial charge in [0.15, 0.2) is 0 Å². The van der Waals surface area contributed by atoms with Crippen LogP contribution in [0.15, 0.2) is 18.2 Å². The molecule has 0 saturated carbocycles. The largest absolute Gasteiger partial charge is 0.416 e. The van der Waals surface area contributed by atoms with Crippen LogP contribution >= 0.6 is 27.5 Å². The van der Waals surface area contributed by atoms with Gasteiger partial charge < -0.3 is 0 Å². The zero-order valence-corrected chi connectivity index (χ0v) is 9.54. The average Bonchev–Trinajstić information content (AvgIpc) is 2.01. The number of benzene rings is 1. The minimum Gasteiger partial charge on any atom is -0.166 e. The Morgan fingerprint density at radius 3 is 2.36 bits per heavy atom. The highest BCUT2D eigenvalue weighted by atomic mass is 79.9. The van der Waals surface area contributed by atoms with E-state index < -0.39 is 11.7 Å². The van der Waals surface area contributed by atoms with Crippen LogP contribution in [0.25, 0.3) is 0 Å². The maximum Gasteiger partial charge on any atom is 0.416 e. The summed E-state index contributed by atoms with van der Waals surface area (Å²) in [6.45, 7) is 1.64. The third-order valence-electron chi connectivity index (χ3n) is 1.75. The molecule has 14 heavy (non-hydrogen) atoms. The van der Waals surface area contributed by atoms with E-state index in [-0.39, 0.29) is 15.4 Å². The zero-order chi connectivity index (χ0) is 10.9. The molecular formula is C9H7BrClF3. The molecule has 78 valence electrons. The molecule has 0 heterocycles. The third kappa shape index (κ3) is 2.64. The molecule has 0 saturated heterocycles. The summed E-state index contributed by atoms with van der Waals surface area (Å²) in [5.74, 6) is 0. The number of alkyl halides is 4. The van der Waals surface area contributed by atoms with Crippen molar-refractivity contribution in [3.8, 4) is 0 Å². The SMILES string of the molecule is CC(Br)c1ccc(Cl)cc1C(F)(F)F. The molecular weight excluding hydrogens is 280 g/mol. The van der Waals surface area contributed by atoms with Gasteiger partial charge in [0.05, 0.1) is 5.56 Å². The van der Waals surface area contributed by atoms with Gasteiger partial charge in [0.1, 0.15) is 0 Å². The molecule has 0 N–H and O–H groups in total. The molecule has 1 rings (SSSR count). The topological polar surface area (TPSA) is 0 Å². The Bertz CT molecular complexity index is 333. The van der Waals surface area contributed by atoms with E-state index in [1.54, 1.807) is 6.92 Å². The van der Waals surface area contributed by atoms with Crippen LogP contribution in [0.3, 0.4) is 0 Å². The Labute approximate surface area is 93.2 Å². The molecule has 0 amide bonds. The maximum absolute atomic E-state index is 12.5. The molecule has 0 aliphatic heterocycles. The zero-order valence-electron chi connectivity index (χ0n) is 7.20. The second kappa shape index (κ2) is 4.11. The molecule has 0 nitrogen and oxygen atoms in total. The highest BCUT2D eigenvalue weighted by Gasteiger charge is 2.34. The second-order valence-corrected chi connectivity index (χ2v) is 4.66. The maximum atomic E-state index is 12.5. The normalized spacial score (nSPS) is 14.1. The second-order valence-electron chi connectivity index (χ2n) is 2.85. The smallest absolute Gasteiger partial charge is 0.166 e. The lowest BCUT2D eigenvalue weighted by molar-refractivity contribution is -0.138. The first-order chi connectivity index (χ1) is 6.32. The van der Waals surface area contributed by atoms with Crippen LogP contribution in [-0.4, -0.2) is 0 Å². The standard InChI is InChI=1S/C9H7BrClF3/c1-5(10)7-3-2-6(11)4-8(7)9(12,13)14/h2-5H,1H3. The molecule has 5 heteroatoms. The van der Waals surface area contributed by atoms with Crippen molar-refractivity contribution in [3.63, 3.8) is 0 Å². The predicted octanol–water partition coefficient (Wildman–Crippen LogP) is 4.81. The summed E-state index contributed by atoms with van der Waals surface area (Å²) in [6, 6.07) is 3.77. The van der Waals surface area contributed by atoms with Gasteiger partial charge in [-0.2, -0.15) is 13.2 Å². The lowest BCUT2D eigenvalue weighted by atomic mass is 10.1. The molecule has 0 aliphatic rings. The molecule has 0 aromatic heterocycles. The van der Waals surface area contributed by atoms with Crippen LogP contribution in [0.4, 0.5) is 13.2 Å². The molecule has 1 aromatic carbocycles. The fourth-order valence-corrected chi connectivity index (χ4v) is 1.69. The fraction of sp³-hybridized carbons (Fsp3) is 0.333. The van der Waals surface area contributed by atoms with E-state index in [0.717, 1.165) is 6.07 Å². The van der Waals surface area contributed by atoms with Gasteiger partial charge in [-0.15, -0.1) is 0 Å². The highest BCUT2D eigenvalue weighted by molar-refractivity contribution is 9.09. The van der Waals surface area contributed by atoms with Gasteiger partial charge in [-0.1, -0.05) is 33.6 Å². The van der Waals surface area contributed by atoms with Crippen LogP contribution in [-0.2, 0) is 6.18 Å². The van der Waals surface area contributed by atoms with Crippen molar-refractivity contribution in [2.75, 3.05) is 0 Å². The van der Waals surface area contributed by atoms with Gasteiger partial charge in [-0.25, -0.2) is 0 Å². The van der Waals surface area contributed by atoms with E-state index in [1.807, 2.05) is 0 Å². The predicted molar refractivity (Wildman–Crippen MR) is 53.8 cm³/mol.